The standard InChI is InChI=1S/C31H40F2IN7O8/c1-15-8-24-30(47)49-14-22(36-26(43)21(37-31(48)38-34)11-18-9-19(32)12-20(33)10-18)28(45)40-7-5-6-23(40)29(46)39(4)17(3)25(42)35-16(2)27(44)41(24)13-15/h9-10,12,15-17,21-24H,5-8,11,13-14H2,1-4H3,(H,35,42)(H,36,43)(H2,37,38,48)/t15-,16+,17+,21+,22+,23+,24+/m1/s1. The van der Waals surface area contributed by atoms with Crippen molar-refractivity contribution >= 4 is 64.4 Å². The average molecular weight is 804 g/mol. The number of ether oxygens (including phenoxy) is 1. The molecule has 268 valence electrons. The summed E-state index contributed by atoms with van der Waals surface area (Å²) in [5, 5.41) is 7.51. The molecule has 0 bridgehead atoms. The topological polar surface area (TPSA) is 187 Å². The lowest BCUT2D eigenvalue weighted by molar-refractivity contribution is -0.157. The van der Waals surface area contributed by atoms with Crippen molar-refractivity contribution in [1.82, 2.24) is 34.2 Å². The molecule has 0 aromatic heterocycles. The van der Waals surface area contributed by atoms with E-state index < -0.39 is 96.0 Å². The van der Waals surface area contributed by atoms with Gasteiger partial charge < -0.3 is 35.4 Å². The number of halogens is 3. The van der Waals surface area contributed by atoms with E-state index in [-0.39, 0.29) is 43.8 Å². The van der Waals surface area contributed by atoms with Gasteiger partial charge in [-0.2, -0.15) is 0 Å². The summed E-state index contributed by atoms with van der Waals surface area (Å²) in [4.78, 5) is 97.4. The maximum atomic E-state index is 14.1. The highest BCUT2D eigenvalue weighted by Crippen LogP contribution is 2.26. The molecule has 4 N–H and O–H groups in total. The van der Waals surface area contributed by atoms with Gasteiger partial charge >= 0.3 is 12.0 Å². The second-order valence-electron chi connectivity index (χ2n) is 12.7. The van der Waals surface area contributed by atoms with Crippen LogP contribution in [0.2, 0.25) is 0 Å². The number of esters is 1. The maximum Gasteiger partial charge on any atom is 0.328 e. The fraction of sp³-hybridized carbons (Fsp3) is 0.581. The molecule has 15 nitrogen and oxygen atoms in total. The van der Waals surface area contributed by atoms with Gasteiger partial charge in [-0.3, -0.25) is 27.5 Å². The van der Waals surface area contributed by atoms with Crippen LogP contribution < -0.4 is 19.5 Å². The Balaban J connectivity index is 1.68. The number of amides is 7. The van der Waals surface area contributed by atoms with Gasteiger partial charge in [0.2, 0.25) is 29.5 Å². The number of carbonyl (C=O) groups is 7. The van der Waals surface area contributed by atoms with Crippen molar-refractivity contribution in [1.29, 1.82) is 0 Å². The highest BCUT2D eigenvalue weighted by atomic mass is 127. The van der Waals surface area contributed by atoms with Crippen LogP contribution in [-0.4, -0.2) is 119 Å². The second-order valence-corrected chi connectivity index (χ2v) is 13.2. The molecule has 3 saturated heterocycles. The van der Waals surface area contributed by atoms with E-state index in [4.69, 9.17) is 4.74 Å². The Kier molecular flexibility index (Phi) is 12.4. The second kappa shape index (κ2) is 16.1. The molecule has 18 heteroatoms. The molecule has 0 aliphatic carbocycles. The van der Waals surface area contributed by atoms with Gasteiger partial charge in [0.05, 0.1) is 22.9 Å². The van der Waals surface area contributed by atoms with Crippen molar-refractivity contribution in [3.63, 3.8) is 0 Å². The fourth-order valence-corrected chi connectivity index (χ4v) is 6.47. The van der Waals surface area contributed by atoms with E-state index in [1.54, 1.807) is 0 Å². The van der Waals surface area contributed by atoms with E-state index in [1.165, 1.54) is 58.5 Å². The van der Waals surface area contributed by atoms with Crippen LogP contribution in [0.3, 0.4) is 0 Å². The van der Waals surface area contributed by atoms with Crippen LogP contribution >= 0.6 is 22.9 Å². The summed E-state index contributed by atoms with van der Waals surface area (Å²) in [6.07, 6.45) is 0.539. The number of nitrogens with zero attached hydrogens (tertiary/aromatic N) is 3. The van der Waals surface area contributed by atoms with Crippen LogP contribution in [0.5, 0.6) is 0 Å². The molecule has 0 spiro atoms. The van der Waals surface area contributed by atoms with Crippen LogP contribution in [0.15, 0.2) is 18.2 Å². The molecule has 3 heterocycles. The third kappa shape index (κ3) is 8.93. The van der Waals surface area contributed by atoms with Crippen LogP contribution in [0.4, 0.5) is 13.6 Å². The smallest absolute Gasteiger partial charge is 0.328 e. The lowest BCUT2D eigenvalue weighted by atomic mass is 10.0. The average Bonchev–Trinajstić information content (AvgIpc) is 3.70. The zero-order chi connectivity index (χ0) is 36.2. The monoisotopic (exact) mass is 803 g/mol. The molecule has 0 radical (unpaired) electrons. The van der Waals surface area contributed by atoms with Crippen LogP contribution in [0.25, 0.3) is 0 Å². The summed E-state index contributed by atoms with van der Waals surface area (Å²) in [6, 6.07) is -5.31. The first-order chi connectivity index (χ1) is 23.1. The summed E-state index contributed by atoms with van der Waals surface area (Å²) in [7, 11) is 1.41. The molecule has 1 aromatic rings. The van der Waals surface area contributed by atoms with Gasteiger partial charge in [0.15, 0.2) is 0 Å². The number of nitrogens with one attached hydrogen (secondary N) is 4. The van der Waals surface area contributed by atoms with Crippen molar-refractivity contribution in [2.24, 2.45) is 5.92 Å². The number of cyclic esters (lactones) is 1. The molecule has 3 aliphatic rings. The Morgan fingerprint density at radius 3 is 2.33 bits per heavy atom. The molecular formula is C31H40F2IN7O8. The first-order valence-corrected chi connectivity index (χ1v) is 17.0. The van der Waals surface area contributed by atoms with Gasteiger partial charge in [-0.25, -0.2) is 18.4 Å². The fourth-order valence-electron chi connectivity index (χ4n) is 6.31. The lowest BCUT2D eigenvalue weighted by Crippen LogP contribution is -2.60. The Hall–Kier alpha value is -4.10. The summed E-state index contributed by atoms with van der Waals surface area (Å²) in [6.45, 7) is 4.43. The molecule has 3 aliphatic heterocycles. The molecule has 3 fully saturated rings. The van der Waals surface area contributed by atoms with Gasteiger partial charge in [0.25, 0.3) is 0 Å². The van der Waals surface area contributed by atoms with Gasteiger partial charge in [0.1, 0.15) is 54.5 Å². The number of rotatable bonds is 5. The van der Waals surface area contributed by atoms with Crippen molar-refractivity contribution < 1.29 is 47.1 Å². The lowest BCUT2D eigenvalue weighted by Gasteiger charge is -2.34. The number of carbonyl (C=O) groups excluding carboxylic acids is 7. The summed E-state index contributed by atoms with van der Waals surface area (Å²) < 4.78 is 35.8. The minimum atomic E-state index is -1.57. The summed E-state index contributed by atoms with van der Waals surface area (Å²) in [5.74, 6) is -6.17. The predicted molar refractivity (Wildman–Crippen MR) is 176 cm³/mol. The first-order valence-electron chi connectivity index (χ1n) is 15.9. The molecule has 7 amide bonds. The Morgan fingerprint density at radius 2 is 1.67 bits per heavy atom. The maximum absolute atomic E-state index is 14.1. The first kappa shape index (κ1) is 37.7. The van der Waals surface area contributed by atoms with E-state index >= 15 is 0 Å². The minimum absolute atomic E-state index is 0.0305. The van der Waals surface area contributed by atoms with Crippen molar-refractivity contribution in [2.75, 3.05) is 26.7 Å². The normalized spacial score (nSPS) is 27.6. The summed E-state index contributed by atoms with van der Waals surface area (Å²) >= 11 is 1.53. The number of hydrogen-bond acceptors (Lipinski definition) is 8. The minimum Gasteiger partial charge on any atom is -0.461 e. The third-order valence-electron chi connectivity index (χ3n) is 9.00. The predicted octanol–water partition coefficient (Wildman–Crippen LogP) is 0.146. The van der Waals surface area contributed by atoms with Crippen molar-refractivity contribution in [2.45, 2.75) is 82.7 Å². The number of likely N-dealkylation sites (N-methyl/N-ethyl adjacent to an activating group) is 1. The van der Waals surface area contributed by atoms with Crippen LogP contribution in [0.1, 0.15) is 45.6 Å². The van der Waals surface area contributed by atoms with E-state index in [9.17, 15) is 42.3 Å². The Bertz CT molecular complexity index is 1480. The zero-order valence-corrected chi connectivity index (χ0v) is 29.6. The number of urea groups is 1. The van der Waals surface area contributed by atoms with E-state index in [0.29, 0.717) is 12.5 Å². The number of benzene rings is 1. The third-order valence-corrected chi connectivity index (χ3v) is 9.49. The van der Waals surface area contributed by atoms with E-state index in [1.807, 2.05) is 6.92 Å². The SMILES string of the molecule is C[C@@H]1C[C@H]2C(=O)OC[C@H](NC(=O)[C@H](Cc3cc(F)cc(F)c3)NC(=O)NI)C(=O)N3CCC[C@H]3C(=O)N(C)[C@@H](C)C(=O)N[C@@H](C)C(=O)N2C1. The molecule has 49 heavy (non-hydrogen) atoms. The van der Waals surface area contributed by atoms with Crippen LogP contribution in [0, 0.1) is 17.6 Å². The van der Waals surface area contributed by atoms with Crippen LogP contribution in [-0.2, 0) is 39.9 Å². The zero-order valence-electron chi connectivity index (χ0n) is 27.5. The van der Waals surface area contributed by atoms with Crippen molar-refractivity contribution in [3.8, 4) is 0 Å². The molecular weight excluding hydrogens is 763 g/mol. The number of hydrogen-bond donors (Lipinski definition) is 4. The quantitative estimate of drug-likeness (QED) is 0.184. The summed E-state index contributed by atoms with van der Waals surface area (Å²) in [5.41, 5.74) is 0.0305. The molecule has 0 saturated carbocycles. The molecule has 1 aromatic carbocycles. The highest BCUT2D eigenvalue weighted by Gasteiger charge is 2.44. The van der Waals surface area contributed by atoms with Gasteiger partial charge in [0, 0.05) is 32.6 Å². The van der Waals surface area contributed by atoms with E-state index in [0.717, 1.165) is 12.1 Å². The van der Waals surface area contributed by atoms with Gasteiger partial charge in [-0.1, -0.05) is 6.92 Å². The van der Waals surface area contributed by atoms with Gasteiger partial charge in [-0.15, -0.1) is 0 Å². The Morgan fingerprint density at radius 1 is 1.00 bits per heavy atom. The van der Waals surface area contributed by atoms with Gasteiger partial charge in [-0.05, 0) is 56.7 Å². The Labute approximate surface area is 295 Å². The largest absolute Gasteiger partial charge is 0.461 e. The van der Waals surface area contributed by atoms with Crippen molar-refractivity contribution in [3.05, 3.63) is 35.4 Å². The molecule has 7 atom stereocenters. The number of fused-ring (bicyclic) bond motifs is 2. The van der Waals surface area contributed by atoms with E-state index in [2.05, 4.69) is 19.5 Å². The highest BCUT2D eigenvalue weighted by molar-refractivity contribution is 14.1. The molecule has 0 unspecified atom stereocenters. The molecule has 4 rings (SSSR count).